The molecule has 0 unspecified atom stereocenters. The zero-order valence-corrected chi connectivity index (χ0v) is 10.2. The Morgan fingerprint density at radius 1 is 1.39 bits per heavy atom. The van der Waals surface area contributed by atoms with Crippen molar-refractivity contribution in [2.24, 2.45) is 5.73 Å². The van der Waals surface area contributed by atoms with E-state index in [0.29, 0.717) is 12.1 Å². The fourth-order valence-electron chi connectivity index (χ4n) is 1.32. The van der Waals surface area contributed by atoms with Crippen LogP contribution < -0.4 is 5.73 Å². The molecular formula is C9H6ClF3N2O2S. The average Bonchev–Trinajstić information content (AvgIpc) is 2.24. The molecule has 0 saturated heterocycles. The first-order chi connectivity index (χ1) is 8.11. The van der Waals surface area contributed by atoms with Crippen LogP contribution in [0.15, 0.2) is 17.0 Å². The van der Waals surface area contributed by atoms with Crippen LogP contribution in [0.1, 0.15) is 16.7 Å². The number of nitrogens with zero attached hydrogens (tertiary/aromatic N) is 1. The van der Waals surface area contributed by atoms with Gasteiger partial charge in [0.2, 0.25) is 0 Å². The topological polar surface area (TPSA) is 84.0 Å². The molecule has 0 aromatic heterocycles. The second kappa shape index (κ2) is 4.76. The number of hydrogen-bond acceptors (Lipinski definition) is 4. The Labute approximate surface area is 105 Å². The van der Waals surface area contributed by atoms with Gasteiger partial charge in [-0.15, -0.1) is 0 Å². The van der Waals surface area contributed by atoms with Crippen LogP contribution in [0.5, 0.6) is 0 Å². The van der Waals surface area contributed by atoms with E-state index in [1.807, 2.05) is 0 Å². The summed E-state index contributed by atoms with van der Waals surface area (Å²) in [5.74, 6) is 0. The molecule has 9 heteroatoms. The second-order valence-corrected chi connectivity index (χ2v) is 5.79. The smallest absolute Gasteiger partial charge is 0.326 e. The third-order valence-corrected chi connectivity index (χ3v) is 3.48. The summed E-state index contributed by atoms with van der Waals surface area (Å²) in [7, 11) is 0.312. The monoisotopic (exact) mass is 298 g/mol. The molecule has 0 radical (unpaired) electrons. The maximum absolute atomic E-state index is 12.7. The van der Waals surface area contributed by atoms with Crippen molar-refractivity contribution >= 4 is 19.7 Å². The Hall–Kier alpha value is -1.30. The first kappa shape index (κ1) is 14.8. The minimum atomic E-state index is -4.91. The molecule has 98 valence electrons. The minimum Gasteiger partial charge on any atom is -0.326 e. The summed E-state index contributed by atoms with van der Waals surface area (Å²) < 4.78 is 60.2. The highest BCUT2D eigenvalue weighted by molar-refractivity contribution is 8.13. The van der Waals surface area contributed by atoms with Gasteiger partial charge in [0.05, 0.1) is 22.1 Å². The van der Waals surface area contributed by atoms with Crippen molar-refractivity contribution in [2.75, 3.05) is 0 Å². The van der Waals surface area contributed by atoms with Crippen molar-refractivity contribution in [2.45, 2.75) is 17.6 Å². The molecule has 0 atom stereocenters. The molecule has 1 aromatic carbocycles. The lowest BCUT2D eigenvalue weighted by atomic mass is 10.0. The summed E-state index contributed by atoms with van der Waals surface area (Å²) in [6.45, 7) is -0.325. The molecule has 0 spiro atoms. The molecule has 0 bridgehead atoms. The van der Waals surface area contributed by atoms with Crippen LogP contribution in [-0.2, 0) is 21.8 Å². The van der Waals surface area contributed by atoms with E-state index in [-0.39, 0.29) is 17.7 Å². The van der Waals surface area contributed by atoms with E-state index in [0.717, 1.165) is 0 Å². The molecule has 0 aliphatic rings. The molecule has 0 aliphatic carbocycles. The molecule has 4 nitrogen and oxygen atoms in total. The Morgan fingerprint density at radius 2 is 1.94 bits per heavy atom. The lowest BCUT2D eigenvalue weighted by Crippen LogP contribution is -2.13. The van der Waals surface area contributed by atoms with Crippen LogP contribution in [0.3, 0.4) is 0 Å². The van der Waals surface area contributed by atoms with E-state index in [2.05, 4.69) is 0 Å². The van der Waals surface area contributed by atoms with Crippen molar-refractivity contribution in [3.63, 3.8) is 0 Å². The number of nitriles is 1. The van der Waals surface area contributed by atoms with Crippen LogP contribution in [0, 0.1) is 11.3 Å². The number of benzene rings is 1. The number of rotatable bonds is 2. The van der Waals surface area contributed by atoms with Crippen LogP contribution in [0.4, 0.5) is 13.2 Å². The van der Waals surface area contributed by atoms with E-state index in [1.54, 1.807) is 6.07 Å². The van der Waals surface area contributed by atoms with Gasteiger partial charge in [0.1, 0.15) is 0 Å². The summed E-state index contributed by atoms with van der Waals surface area (Å²) in [6, 6.07) is 2.67. The van der Waals surface area contributed by atoms with Crippen LogP contribution in [-0.4, -0.2) is 8.42 Å². The maximum atomic E-state index is 12.7. The SMILES string of the molecule is N#Cc1cc(S(=O)(=O)Cl)c(C(F)(F)F)cc1CN. The Kier molecular flexibility index (Phi) is 3.90. The molecule has 18 heavy (non-hydrogen) atoms. The first-order valence-corrected chi connectivity index (χ1v) is 6.71. The summed E-state index contributed by atoms with van der Waals surface area (Å²) in [5, 5.41) is 8.71. The largest absolute Gasteiger partial charge is 0.417 e. The third-order valence-electron chi connectivity index (χ3n) is 2.11. The summed E-state index contributed by atoms with van der Waals surface area (Å²) in [5.41, 5.74) is 3.40. The minimum absolute atomic E-state index is 0.103. The molecule has 2 N–H and O–H groups in total. The zero-order chi connectivity index (χ0) is 14.1. The summed E-state index contributed by atoms with van der Waals surface area (Å²) in [6.07, 6.45) is -4.91. The van der Waals surface area contributed by atoms with Crippen LogP contribution >= 0.6 is 10.7 Å². The molecule has 0 heterocycles. The molecule has 0 aliphatic heterocycles. The normalized spacial score (nSPS) is 12.2. The molecule has 0 amide bonds. The molecule has 1 rings (SSSR count). The number of alkyl halides is 3. The lowest BCUT2D eigenvalue weighted by Gasteiger charge is -2.13. The van der Waals surface area contributed by atoms with Crippen molar-refractivity contribution in [1.29, 1.82) is 5.26 Å². The maximum Gasteiger partial charge on any atom is 0.417 e. The fourth-order valence-corrected chi connectivity index (χ4v) is 2.40. The lowest BCUT2D eigenvalue weighted by molar-refractivity contribution is -0.139. The third kappa shape index (κ3) is 2.93. The van der Waals surface area contributed by atoms with E-state index in [4.69, 9.17) is 21.7 Å². The zero-order valence-electron chi connectivity index (χ0n) is 8.62. The number of hydrogen-bond donors (Lipinski definition) is 1. The predicted octanol–water partition coefficient (Wildman–Crippen LogP) is 1.96. The van der Waals surface area contributed by atoms with Crippen molar-refractivity contribution in [3.8, 4) is 6.07 Å². The Morgan fingerprint density at radius 3 is 2.28 bits per heavy atom. The van der Waals surface area contributed by atoms with E-state index >= 15 is 0 Å². The molecule has 1 aromatic rings. The quantitative estimate of drug-likeness (QED) is 0.846. The molecule has 0 fully saturated rings. The first-order valence-electron chi connectivity index (χ1n) is 4.40. The van der Waals surface area contributed by atoms with Gasteiger partial charge in [-0.1, -0.05) is 0 Å². The van der Waals surface area contributed by atoms with Crippen LogP contribution in [0.2, 0.25) is 0 Å². The van der Waals surface area contributed by atoms with Gasteiger partial charge >= 0.3 is 6.18 Å². The van der Waals surface area contributed by atoms with E-state index in [1.165, 1.54) is 0 Å². The fraction of sp³-hybridized carbons (Fsp3) is 0.222. The van der Waals surface area contributed by atoms with Crippen LogP contribution in [0.25, 0.3) is 0 Å². The highest BCUT2D eigenvalue weighted by Crippen LogP contribution is 2.37. The van der Waals surface area contributed by atoms with Crippen molar-refractivity contribution < 1.29 is 21.6 Å². The Balaban J connectivity index is 3.75. The van der Waals surface area contributed by atoms with Gasteiger partial charge in [-0.3, -0.25) is 0 Å². The number of halogens is 4. The van der Waals surface area contributed by atoms with Gasteiger partial charge in [0, 0.05) is 17.2 Å². The highest BCUT2D eigenvalue weighted by atomic mass is 35.7. The average molecular weight is 299 g/mol. The number of nitrogens with two attached hydrogens (primary N) is 1. The van der Waals surface area contributed by atoms with Crippen molar-refractivity contribution in [3.05, 3.63) is 28.8 Å². The second-order valence-electron chi connectivity index (χ2n) is 3.26. The van der Waals surface area contributed by atoms with Gasteiger partial charge in [-0.05, 0) is 17.7 Å². The predicted molar refractivity (Wildman–Crippen MR) is 57.1 cm³/mol. The van der Waals surface area contributed by atoms with Gasteiger partial charge in [-0.2, -0.15) is 18.4 Å². The molecule has 0 saturated carbocycles. The molecular weight excluding hydrogens is 293 g/mol. The Bertz CT molecular complexity index is 620. The van der Waals surface area contributed by atoms with Gasteiger partial charge in [-0.25, -0.2) is 8.42 Å². The van der Waals surface area contributed by atoms with Gasteiger partial charge in [0.15, 0.2) is 0 Å². The standard InChI is InChI=1S/C9H6ClF3N2O2S/c10-18(16,17)8-2-6(4-15)5(3-14)1-7(8)9(11,12)13/h1-2H,3,14H2. The highest BCUT2D eigenvalue weighted by Gasteiger charge is 2.37. The van der Waals surface area contributed by atoms with E-state index in [9.17, 15) is 21.6 Å². The van der Waals surface area contributed by atoms with Gasteiger partial charge in [0.25, 0.3) is 9.05 Å². The van der Waals surface area contributed by atoms with E-state index < -0.39 is 25.7 Å². The summed E-state index contributed by atoms with van der Waals surface area (Å²) >= 11 is 0. The van der Waals surface area contributed by atoms with Crippen molar-refractivity contribution in [1.82, 2.24) is 0 Å². The van der Waals surface area contributed by atoms with Gasteiger partial charge < -0.3 is 5.73 Å². The summed E-state index contributed by atoms with van der Waals surface area (Å²) in [4.78, 5) is -1.15.